The standard InChI is InChI=1S/C14H11Cl2NO4/c15-6-3-7(16)5-8(4-6)17-13(18)11-9-1-2-10(21-9)12(11)14(19)20/h1-5,9-12H,(H,17,18)(H,19,20)/t9-,10-,11-,12-/m0/s1. The number of carbonyl (C=O) groups is 2. The van der Waals surface area contributed by atoms with Crippen LogP contribution < -0.4 is 5.32 Å². The highest BCUT2D eigenvalue weighted by molar-refractivity contribution is 6.35. The second kappa shape index (κ2) is 5.33. The first kappa shape index (κ1) is 14.4. The molecule has 1 saturated heterocycles. The Morgan fingerprint density at radius 2 is 1.62 bits per heavy atom. The number of ether oxygens (including phenoxy) is 1. The lowest BCUT2D eigenvalue weighted by atomic mass is 9.82. The van der Waals surface area contributed by atoms with Crippen molar-refractivity contribution in [1.29, 1.82) is 0 Å². The third-order valence-corrected chi connectivity index (χ3v) is 4.05. The molecule has 0 spiro atoms. The van der Waals surface area contributed by atoms with E-state index in [0.29, 0.717) is 15.7 Å². The summed E-state index contributed by atoms with van der Waals surface area (Å²) < 4.78 is 5.46. The number of carboxylic acids is 1. The largest absolute Gasteiger partial charge is 0.481 e. The van der Waals surface area contributed by atoms with Gasteiger partial charge in [0.1, 0.15) is 5.92 Å². The molecule has 3 rings (SSSR count). The monoisotopic (exact) mass is 327 g/mol. The van der Waals surface area contributed by atoms with E-state index in [1.165, 1.54) is 0 Å². The number of nitrogens with one attached hydrogen (secondary N) is 1. The lowest BCUT2D eigenvalue weighted by Crippen LogP contribution is -2.39. The van der Waals surface area contributed by atoms with Gasteiger partial charge >= 0.3 is 5.97 Å². The predicted octanol–water partition coefficient (Wildman–Crippen LogP) is 2.59. The minimum absolute atomic E-state index is 0.386. The second-order valence-corrected chi connectivity index (χ2v) is 5.86. The summed E-state index contributed by atoms with van der Waals surface area (Å²) in [6.07, 6.45) is 2.35. The first-order chi connectivity index (χ1) is 9.95. The number of carboxylic acid groups (broad SMARTS) is 1. The van der Waals surface area contributed by atoms with Crippen LogP contribution in [0.2, 0.25) is 10.0 Å². The molecule has 1 aromatic rings. The summed E-state index contributed by atoms with van der Waals surface area (Å²) in [5, 5.41) is 12.7. The molecular formula is C14H11Cl2NO4. The Morgan fingerprint density at radius 3 is 2.19 bits per heavy atom. The van der Waals surface area contributed by atoms with Crippen molar-refractivity contribution >= 4 is 40.8 Å². The molecule has 5 nitrogen and oxygen atoms in total. The molecule has 2 aliphatic heterocycles. The van der Waals surface area contributed by atoms with Gasteiger partial charge < -0.3 is 15.2 Å². The molecule has 0 aromatic heterocycles. The third-order valence-electron chi connectivity index (χ3n) is 3.62. The minimum atomic E-state index is -1.05. The molecular weight excluding hydrogens is 317 g/mol. The van der Waals surface area contributed by atoms with Gasteiger partial charge in [-0.1, -0.05) is 35.4 Å². The van der Waals surface area contributed by atoms with E-state index in [9.17, 15) is 14.7 Å². The van der Waals surface area contributed by atoms with Crippen LogP contribution in [0.15, 0.2) is 30.4 Å². The van der Waals surface area contributed by atoms with Crippen LogP contribution in [0.3, 0.4) is 0 Å². The summed E-state index contributed by atoms with van der Waals surface area (Å²) >= 11 is 11.7. The molecule has 2 N–H and O–H groups in total. The first-order valence-electron chi connectivity index (χ1n) is 6.29. The Kier molecular flexibility index (Phi) is 3.65. The summed E-state index contributed by atoms with van der Waals surface area (Å²) in [6, 6.07) is 4.64. The van der Waals surface area contributed by atoms with Crippen molar-refractivity contribution in [2.24, 2.45) is 11.8 Å². The number of anilines is 1. The van der Waals surface area contributed by atoms with Gasteiger partial charge in [-0.15, -0.1) is 0 Å². The van der Waals surface area contributed by atoms with E-state index < -0.39 is 35.9 Å². The summed E-state index contributed by atoms with van der Waals surface area (Å²) in [7, 11) is 0. The number of aliphatic carboxylic acids is 1. The SMILES string of the molecule is O=C(O)[C@@H]1[C@@H](C(=O)Nc2cc(Cl)cc(Cl)c2)[C@@H]2C=C[C@@H]1O2. The first-order valence-corrected chi connectivity index (χ1v) is 7.05. The van der Waals surface area contributed by atoms with Gasteiger partial charge in [0.05, 0.1) is 18.1 Å². The molecule has 4 atom stereocenters. The van der Waals surface area contributed by atoms with E-state index in [1.807, 2.05) is 0 Å². The second-order valence-electron chi connectivity index (χ2n) is 4.99. The number of hydrogen-bond acceptors (Lipinski definition) is 3. The van der Waals surface area contributed by atoms with E-state index in [0.717, 1.165) is 0 Å². The highest BCUT2D eigenvalue weighted by atomic mass is 35.5. The minimum Gasteiger partial charge on any atom is -0.481 e. The van der Waals surface area contributed by atoms with Crippen LogP contribution in [-0.2, 0) is 14.3 Å². The van der Waals surface area contributed by atoms with Gasteiger partial charge in [-0.3, -0.25) is 9.59 Å². The summed E-state index contributed by atoms with van der Waals surface area (Å²) in [5.41, 5.74) is 0.424. The summed E-state index contributed by atoms with van der Waals surface area (Å²) in [6.45, 7) is 0. The summed E-state index contributed by atoms with van der Waals surface area (Å²) in [4.78, 5) is 23.7. The van der Waals surface area contributed by atoms with Gasteiger partial charge in [0, 0.05) is 15.7 Å². The fraction of sp³-hybridized carbons (Fsp3) is 0.286. The molecule has 0 unspecified atom stereocenters. The average Bonchev–Trinajstić information content (AvgIpc) is 2.96. The van der Waals surface area contributed by atoms with Gasteiger partial charge in [-0.25, -0.2) is 0 Å². The Hall–Kier alpha value is -1.56. The molecule has 0 aliphatic carbocycles. The Labute approximate surface area is 130 Å². The maximum absolute atomic E-state index is 12.4. The molecule has 0 radical (unpaired) electrons. The van der Waals surface area contributed by atoms with Crippen LogP contribution in [0.1, 0.15) is 0 Å². The average molecular weight is 328 g/mol. The normalized spacial score (nSPS) is 29.6. The molecule has 110 valence electrons. The number of benzene rings is 1. The van der Waals surface area contributed by atoms with Crippen LogP contribution >= 0.6 is 23.2 Å². The summed E-state index contributed by atoms with van der Waals surface area (Å²) in [5.74, 6) is -3.11. The smallest absolute Gasteiger partial charge is 0.310 e. The maximum Gasteiger partial charge on any atom is 0.310 e. The van der Waals surface area contributed by atoms with Crippen molar-refractivity contribution in [1.82, 2.24) is 0 Å². The number of fused-ring (bicyclic) bond motifs is 2. The molecule has 1 amide bonds. The van der Waals surface area contributed by atoms with Crippen LogP contribution in [0.5, 0.6) is 0 Å². The lowest BCUT2D eigenvalue weighted by molar-refractivity contribution is -0.145. The number of rotatable bonds is 3. The zero-order chi connectivity index (χ0) is 15.1. The number of amides is 1. The molecule has 2 bridgehead atoms. The molecule has 0 saturated carbocycles. The Balaban J connectivity index is 1.82. The van der Waals surface area contributed by atoms with Crippen molar-refractivity contribution in [3.63, 3.8) is 0 Å². The zero-order valence-corrected chi connectivity index (χ0v) is 12.1. The molecule has 2 heterocycles. The highest BCUT2D eigenvalue weighted by Crippen LogP contribution is 2.40. The molecule has 2 aliphatic rings. The quantitative estimate of drug-likeness (QED) is 0.836. The zero-order valence-electron chi connectivity index (χ0n) is 10.6. The number of carbonyl (C=O) groups excluding carboxylic acids is 1. The van der Waals surface area contributed by atoms with E-state index in [1.54, 1.807) is 30.4 Å². The van der Waals surface area contributed by atoms with E-state index in [4.69, 9.17) is 27.9 Å². The maximum atomic E-state index is 12.4. The highest BCUT2D eigenvalue weighted by Gasteiger charge is 2.53. The van der Waals surface area contributed by atoms with Gasteiger partial charge in [0.2, 0.25) is 5.91 Å². The predicted molar refractivity (Wildman–Crippen MR) is 77.5 cm³/mol. The fourth-order valence-electron chi connectivity index (χ4n) is 2.77. The van der Waals surface area contributed by atoms with Crippen LogP contribution in [-0.4, -0.2) is 29.2 Å². The Morgan fingerprint density at radius 1 is 1.05 bits per heavy atom. The molecule has 1 fully saturated rings. The van der Waals surface area contributed by atoms with Gasteiger partial charge in [0.15, 0.2) is 0 Å². The fourth-order valence-corrected chi connectivity index (χ4v) is 3.29. The van der Waals surface area contributed by atoms with Crippen molar-refractivity contribution in [2.45, 2.75) is 12.2 Å². The van der Waals surface area contributed by atoms with Gasteiger partial charge in [0.25, 0.3) is 0 Å². The molecule has 7 heteroatoms. The van der Waals surface area contributed by atoms with E-state index in [-0.39, 0.29) is 0 Å². The number of halogens is 2. The third kappa shape index (κ3) is 2.64. The van der Waals surface area contributed by atoms with Crippen LogP contribution in [0.25, 0.3) is 0 Å². The topological polar surface area (TPSA) is 75.6 Å². The number of hydrogen-bond donors (Lipinski definition) is 2. The van der Waals surface area contributed by atoms with E-state index in [2.05, 4.69) is 5.32 Å². The van der Waals surface area contributed by atoms with Crippen molar-refractivity contribution in [3.8, 4) is 0 Å². The van der Waals surface area contributed by atoms with Crippen molar-refractivity contribution in [3.05, 3.63) is 40.4 Å². The molecule has 21 heavy (non-hydrogen) atoms. The van der Waals surface area contributed by atoms with E-state index >= 15 is 0 Å². The van der Waals surface area contributed by atoms with Gasteiger partial charge in [-0.05, 0) is 18.2 Å². The Bertz CT molecular complexity index is 626. The van der Waals surface area contributed by atoms with Crippen molar-refractivity contribution < 1.29 is 19.4 Å². The lowest BCUT2D eigenvalue weighted by Gasteiger charge is -2.21. The van der Waals surface area contributed by atoms with Crippen LogP contribution in [0.4, 0.5) is 5.69 Å². The van der Waals surface area contributed by atoms with Crippen LogP contribution in [0, 0.1) is 11.8 Å². The van der Waals surface area contributed by atoms with Gasteiger partial charge in [-0.2, -0.15) is 0 Å². The van der Waals surface area contributed by atoms with Crippen molar-refractivity contribution in [2.75, 3.05) is 5.32 Å². The molecule has 1 aromatic carbocycles.